The summed E-state index contributed by atoms with van der Waals surface area (Å²) in [5.41, 5.74) is 2.47. The molecule has 0 heterocycles. The Hall–Kier alpha value is -2.08. The van der Waals surface area contributed by atoms with Crippen LogP contribution in [0.4, 0.5) is 5.69 Å². The van der Waals surface area contributed by atoms with Gasteiger partial charge in [0.2, 0.25) is 11.8 Å². The summed E-state index contributed by atoms with van der Waals surface area (Å²) in [4.78, 5) is 24.4. The minimum absolute atomic E-state index is 0.00447. The second kappa shape index (κ2) is 9.78. The van der Waals surface area contributed by atoms with Gasteiger partial charge in [-0.25, -0.2) is 5.48 Å². The molecule has 0 radical (unpaired) electrons. The highest BCUT2D eigenvalue weighted by molar-refractivity contribution is 5.91. The Morgan fingerprint density at radius 1 is 1.14 bits per heavy atom. The number of ether oxygens (including phenoxy) is 1. The first-order chi connectivity index (χ1) is 10.6. The zero-order valence-electron chi connectivity index (χ0n) is 13.2. The maximum Gasteiger partial charge on any atom is 0.243 e. The summed E-state index contributed by atoms with van der Waals surface area (Å²) in [6.07, 6.45) is 3.74. The van der Waals surface area contributed by atoms with Crippen molar-refractivity contribution in [3.63, 3.8) is 0 Å². The lowest BCUT2D eigenvalue weighted by Crippen LogP contribution is -2.29. The van der Waals surface area contributed by atoms with Gasteiger partial charge in [-0.15, -0.1) is 0 Å². The standard InChI is InChI=1S/C16H24N2O4/c1-13(19)18(14-8-10-15(22-2)11-9-14)12-6-4-3-5-7-16(20)17-21/h8-11,21H,3-7,12H2,1-2H3,(H,17,20). The van der Waals surface area contributed by atoms with E-state index in [0.29, 0.717) is 13.0 Å². The quantitative estimate of drug-likeness (QED) is 0.417. The average Bonchev–Trinajstić information content (AvgIpc) is 2.53. The second-order valence-electron chi connectivity index (χ2n) is 5.07. The summed E-state index contributed by atoms with van der Waals surface area (Å²) in [6.45, 7) is 2.20. The van der Waals surface area contributed by atoms with E-state index in [4.69, 9.17) is 9.94 Å². The SMILES string of the molecule is COc1ccc(N(CCCCCCC(=O)NO)C(C)=O)cc1. The molecule has 22 heavy (non-hydrogen) atoms. The number of hydrogen-bond acceptors (Lipinski definition) is 4. The third kappa shape index (κ3) is 6.13. The highest BCUT2D eigenvalue weighted by atomic mass is 16.5. The Bertz CT molecular complexity index is 474. The van der Waals surface area contributed by atoms with Gasteiger partial charge in [0.15, 0.2) is 0 Å². The lowest BCUT2D eigenvalue weighted by Gasteiger charge is -2.21. The third-order valence-corrected chi connectivity index (χ3v) is 3.42. The smallest absolute Gasteiger partial charge is 0.243 e. The number of nitrogens with zero attached hydrogens (tertiary/aromatic N) is 1. The molecule has 1 aromatic carbocycles. The van der Waals surface area contributed by atoms with Gasteiger partial charge >= 0.3 is 0 Å². The number of unbranched alkanes of at least 4 members (excludes halogenated alkanes) is 3. The first-order valence-electron chi connectivity index (χ1n) is 7.43. The molecule has 0 fully saturated rings. The minimum Gasteiger partial charge on any atom is -0.497 e. The number of anilines is 1. The van der Waals surface area contributed by atoms with E-state index < -0.39 is 0 Å². The molecule has 2 N–H and O–H groups in total. The average molecular weight is 308 g/mol. The fourth-order valence-electron chi connectivity index (χ4n) is 2.20. The van der Waals surface area contributed by atoms with Crippen molar-refractivity contribution in [2.45, 2.75) is 39.0 Å². The molecule has 0 saturated heterocycles. The summed E-state index contributed by atoms with van der Waals surface area (Å²) in [5.74, 6) is 0.405. The van der Waals surface area contributed by atoms with E-state index in [0.717, 1.165) is 37.1 Å². The first-order valence-corrected chi connectivity index (χ1v) is 7.43. The van der Waals surface area contributed by atoms with Gasteiger partial charge in [0, 0.05) is 25.6 Å². The monoisotopic (exact) mass is 308 g/mol. The van der Waals surface area contributed by atoms with Crippen LogP contribution in [0.1, 0.15) is 39.0 Å². The van der Waals surface area contributed by atoms with Crippen LogP contribution in [-0.2, 0) is 9.59 Å². The molecule has 1 aromatic rings. The number of hydrogen-bond donors (Lipinski definition) is 2. The van der Waals surface area contributed by atoms with Crippen LogP contribution in [0.3, 0.4) is 0 Å². The van der Waals surface area contributed by atoms with Crippen molar-refractivity contribution in [3.05, 3.63) is 24.3 Å². The van der Waals surface area contributed by atoms with Crippen LogP contribution in [0.2, 0.25) is 0 Å². The van der Waals surface area contributed by atoms with Gasteiger partial charge in [-0.05, 0) is 37.1 Å². The highest BCUT2D eigenvalue weighted by Gasteiger charge is 2.11. The van der Waals surface area contributed by atoms with Crippen LogP contribution in [-0.4, -0.2) is 30.7 Å². The zero-order chi connectivity index (χ0) is 16.4. The zero-order valence-corrected chi connectivity index (χ0v) is 13.2. The van der Waals surface area contributed by atoms with Gasteiger partial charge in [-0.3, -0.25) is 14.8 Å². The molecule has 0 aliphatic heterocycles. The molecular weight excluding hydrogens is 284 g/mol. The van der Waals surface area contributed by atoms with E-state index in [9.17, 15) is 9.59 Å². The molecule has 0 bridgehead atoms. The predicted octanol–water partition coefficient (Wildman–Crippen LogP) is 2.50. The number of nitrogens with one attached hydrogen (secondary N) is 1. The van der Waals surface area contributed by atoms with Crippen molar-refractivity contribution in [1.29, 1.82) is 0 Å². The van der Waals surface area contributed by atoms with Crippen molar-refractivity contribution < 1.29 is 19.5 Å². The maximum absolute atomic E-state index is 11.8. The number of carbonyl (C=O) groups excluding carboxylic acids is 2. The molecule has 0 unspecified atom stereocenters. The maximum atomic E-state index is 11.8. The highest BCUT2D eigenvalue weighted by Crippen LogP contribution is 2.20. The van der Waals surface area contributed by atoms with Gasteiger partial charge in [0.25, 0.3) is 0 Å². The molecule has 0 spiro atoms. The lowest BCUT2D eigenvalue weighted by atomic mass is 10.1. The van der Waals surface area contributed by atoms with Crippen LogP contribution >= 0.6 is 0 Å². The molecule has 0 atom stereocenters. The summed E-state index contributed by atoms with van der Waals surface area (Å²) >= 11 is 0. The van der Waals surface area contributed by atoms with E-state index in [1.165, 1.54) is 0 Å². The van der Waals surface area contributed by atoms with Crippen LogP contribution in [0.5, 0.6) is 5.75 Å². The third-order valence-electron chi connectivity index (χ3n) is 3.42. The molecule has 0 aromatic heterocycles. The van der Waals surface area contributed by atoms with Gasteiger partial charge in [-0.2, -0.15) is 0 Å². The Morgan fingerprint density at radius 3 is 2.32 bits per heavy atom. The minimum atomic E-state index is -0.358. The molecule has 1 rings (SSSR count). The van der Waals surface area contributed by atoms with Crippen LogP contribution in [0.25, 0.3) is 0 Å². The van der Waals surface area contributed by atoms with Crippen molar-refractivity contribution in [3.8, 4) is 5.75 Å². The Kier molecular flexibility index (Phi) is 7.99. The largest absolute Gasteiger partial charge is 0.497 e. The molecule has 0 aliphatic carbocycles. The van der Waals surface area contributed by atoms with E-state index in [-0.39, 0.29) is 11.8 Å². The fraction of sp³-hybridized carbons (Fsp3) is 0.500. The number of benzene rings is 1. The van der Waals surface area contributed by atoms with Gasteiger partial charge < -0.3 is 9.64 Å². The van der Waals surface area contributed by atoms with Gasteiger partial charge in [-0.1, -0.05) is 12.8 Å². The molecule has 6 heteroatoms. The molecule has 0 aliphatic rings. The summed E-state index contributed by atoms with van der Waals surface area (Å²) in [5, 5.41) is 8.38. The van der Waals surface area contributed by atoms with Gasteiger partial charge in [0.1, 0.15) is 5.75 Å². The number of hydroxylamine groups is 1. The van der Waals surface area contributed by atoms with Crippen molar-refractivity contribution >= 4 is 17.5 Å². The number of rotatable bonds is 9. The van der Waals surface area contributed by atoms with Crippen LogP contribution < -0.4 is 15.1 Å². The summed E-state index contributed by atoms with van der Waals surface area (Å²) in [7, 11) is 1.61. The second-order valence-corrected chi connectivity index (χ2v) is 5.07. The van der Waals surface area contributed by atoms with E-state index >= 15 is 0 Å². The van der Waals surface area contributed by atoms with E-state index in [1.807, 2.05) is 24.3 Å². The fourth-order valence-corrected chi connectivity index (χ4v) is 2.20. The molecule has 0 saturated carbocycles. The van der Waals surface area contributed by atoms with Crippen molar-refractivity contribution in [1.82, 2.24) is 5.48 Å². The van der Waals surface area contributed by atoms with Crippen molar-refractivity contribution in [2.75, 3.05) is 18.6 Å². The summed E-state index contributed by atoms with van der Waals surface area (Å²) < 4.78 is 5.11. The predicted molar refractivity (Wildman–Crippen MR) is 84.0 cm³/mol. The van der Waals surface area contributed by atoms with E-state index in [1.54, 1.807) is 24.4 Å². The Labute approximate surface area is 131 Å². The Morgan fingerprint density at radius 2 is 1.77 bits per heavy atom. The molecule has 122 valence electrons. The number of amides is 2. The van der Waals surface area contributed by atoms with E-state index in [2.05, 4.69) is 0 Å². The van der Waals surface area contributed by atoms with Crippen LogP contribution in [0, 0.1) is 0 Å². The van der Waals surface area contributed by atoms with Gasteiger partial charge in [0.05, 0.1) is 7.11 Å². The normalized spacial score (nSPS) is 10.1. The Balaban J connectivity index is 2.38. The van der Waals surface area contributed by atoms with Crippen molar-refractivity contribution in [2.24, 2.45) is 0 Å². The molecular formula is C16H24N2O4. The molecule has 2 amide bonds. The molecule has 6 nitrogen and oxygen atoms in total. The lowest BCUT2D eigenvalue weighted by molar-refractivity contribution is -0.129. The number of carbonyl (C=O) groups is 2. The topological polar surface area (TPSA) is 78.9 Å². The summed E-state index contributed by atoms with van der Waals surface area (Å²) in [6, 6.07) is 7.40. The van der Waals surface area contributed by atoms with Crippen LogP contribution in [0.15, 0.2) is 24.3 Å². The first kappa shape index (κ1) is 18.0. The number of methoxy groups -OCH3 is 1.